The molecule has 0 aromatic carbocycles. The second-order valence-corrected chi connectivity index (χ2v) is 3.75. The lowest BCUT2D eigenvalue weighted by atomic mass is 10.2. The molecule has 0 N–H and O–H groups in total. The Kier molecular flexibility index (Phi) is 3.89. The topological polar surface area (TPSA) is 39.2 Å². The van der Waals surface area contributed by atoms with Crippen LogP contribution in [0.25, 0.3) is 0 Å². The SMILES string of the molecule is CC(C)COc1cnc(Cl)cc1C=O. The molecule has 3 nitrogen and oxygen atoms in total. The minimum absolute atomic E-state index is 0.295. The van der Waals surface area contributed by atoms with Crippen LogP contribution in [0.5, 0.6) is 5.75 Å². The van der Waals surface area contributed by atoms with E-state index in [1.807, 2.05) is 13.8 Å². The highest BCUT2D eigenvalue weighted by molar-refractivity contribution is 6.29. The van der Waals surface area contributed by atoms with Crippen LogP contribution in [0.3, 0.4) is 0 Å². The molecule has 0 atom stereocenters. The zero-order valence-corrected chi connectivity index (χ0v) is 8.91. The van der Waals surface area contributed by atoms with Crippen LogP contribution >= 0.6 is 11.6 Å². The second-order valence-electron chi connectivity index (χ2n) is 3.37. The second kappa shape index (κ2) is 4.96. The molecule has 0 saturated carbocycles. The number of ether oxygens (including phenoxy) is 1. The van der Waals surface area contributed by atoms with Gasteiger partial charge < -0.3 is 4.74 Å². The Morgan fingerprint density at radius 3 is 2.93 bits per heavy atom. The summed E-state index contributed by atoms with van der Waals surface area (Å²) < 4.78 is 5.39. The number of nitrogens with zero attached hydrogens (tertiary/aromatic N) is 1. The van der Waals surface area contributed by atoms with E-state index in [0.717, 1.165) is 0 Å². The fraction of sp³-hybridized carbons (Fsp3) is 0.400. The molecule has 0 spiro atoms. The molecule has 0 saturated heterocycles. The van der Waals surface area contributed by atoms with Gasteiger partial charge in [-0.3, -0.25) is 4.79 Å². The van der Waals surface area contributed by atoms with Gasteiger partial charge in [-0.25, -0.2) is 4.98 Å². The highest BCUT2D eigenvalue weighted by Gasteiger charge is 2.05. The molecule has 1 heterocycles. The molecule has 4 heteroatoms. The molecule has 0 amide bonds. The van der Waals surface area contributed by atoms with Crippen LogP contribution in [0, 0.1) is 5.92 Å². The van der Waals surface area contributed by atoms with Gasteiger partial charge in [-0.2, -0.15) is 0 Å². The highest BCUT2D eigenvalue weighted by Crippen LogP contribution is 2.19. The lowest BCUT2D eigenvalue weighted by Crippen LogP contribution is -2.06. The summed E-state index contributed by atoms with van der Waals surface area (Å²) >= 11 is 5.63. The molecule has 1 rings (SSSR count). The molecule has 0 radical (unpaired) electrons. The summed E-state index contributed by atoms with van der Waals surface area (Å²) in [5.41, 5.74) is 0.436. The summed E-state index contributed by atoms with van der Waals surface area (Å²) in [5, 5.41) is 0.295. The van der Waals surface area contributed by atoms with E-state index in [2.05, 4.69) is 4.98 Å². The molecule has 0 fully saturated rings. The van der Waals surface area contributed by atoms with E-state index in [0.29, 0.717) is 35.3 Å². The number of rotatable bonds is 4. The van der Waals surface area contributed by atoms with E-state index < -0.39 is 0 Å². The summed E-state index contributed by atoms with van der Waals surface area (Å²) in [6.45, 7) is 4.62. The molecule has 1 aromatic rings. The third-order valence-corrected chi connectivity index (χ3v) is 1.77. The van der Waals surface area contributed by atoms with Crippen molar-refractivity contribution in [1.82, 2.24) is 4.98 Å². The molecular weight excluding hydrogens is 202 g/mol. The number of carbonyl (C=O) groups is 1. The maximum absolute atomic E-state index is 10.7. The Balaban J connectivity index is 2.80. The predicted octanol–water partition coefficient (Wildman–Crippen LogP) is 2.58. The van der Waals surface area contributed by atoms with Gasteiger partial charge in [-0.05, 0) is 12.0 Å². The van der Waals surface area contributed by atoms with Crippen molar-refractivity contribution >= 4 is 17.9 Å². The van der Waals surface area contributed by atoms with Crippen LogP contribution in [0.4, 0.5) is 0 Å². The third kappa shape index (κ3) is 3.00. The molecule has 0 aliphatic rings. The Bertz CT molecular complexity index is 326. The Labute approximate surface area is 88.1 Å². The van der Waals surface area contributed by atoms with Crippen LogP contribution in [0.1, 0.15) is 24.2 Å². The molecule has 1 aromatic heterocycles. The van der Waals surface area contributed by atoms with Crippen molar-refractivity contribution in [1.29, 1.82) is 0 Å². The third-order valence-electron chi connectivity index (χ3n) is 1.56. The van der Waals surface area contributed by atoms with Gasteiger partial charge in [0.1, 0.15) is 10.9 Å². The van der Waals surface area contributed by atoms with Gasteiger partial charge >= 0.3 is 0 Å². The average Bonchev–Trinajstić information content (AvgIpc) is 2.15. The average molecular weight is 214 g/mol. The summed E-state index contributed by atoms with van der Waals surface area (Å²) in [7, 11) is 0. The fourth-order valence-electron chi connectivity index (χ4n) is 0.901. The number of halogens is 1. The largest absolute Gasteiger partial charge is 0.491 e. The first kappa shape index (κ1) is 11.0. The number of hydrogen-bond donors (Lipinski definition) is 0. The maximum Gasteiger partial charge on any atom is 0.153 e. The number of pyridine rings is 1. The molecule has 0 aliphatic carbocycles. The molecule has 76 valence electrons. The first-order chi connectivity index (χ1) is 6.63. The molecule has 0 aliphatic heterocycles. The van der Waals surface area contributed by atoms with Crippen LogP contribution in [0.2, 0.25) is 5.15 Å². The van der Waals surface area contributed by atoms with Crippen LogP contribution in [0.15, 0.2) is 12.3 Å². The highest BCUT2D eigenvalue weighted by atomic mass is 35.5. The molecule has 0 unspecified atom stereocenters. The van der Waals surface area contributed by atoms with Gasteiger partial charge in [0.15, 0.2) is 6.29 Å². The zero-order chi connectivity index (χ0) is 10.6. The lowest BCUT2D eigenvalue weighted by Gasteiger charge is -2.09. The van der Waals surface area contributed by atoms with Gasteiger partial charge in [-0.1, -0.05) is 25.4 Å². The van der Waals surface area contributed by atoms with Gasteiger partial charge in [-0.15, -0.1) is 0 Å². The maximum atomic E-state index is 10.7. The van der Waals surface area contributed by atoms with E-state index >= 15 is 0 Å². The normalized spacial score (nSPS) is 10.3. The summed E-state index contributed by atoms with van der Waals surface area (Å²) in [5.74, 6) is 0.892. The van der Waals surface area contributed by atoms with Gasteiger partial charge in [0.2, 0.25) is 0 Å². The van der Waals surface area contributed by atoms with E-state index in [1.165, 1.54) is 12.3 Å². The van der Waals surface area contributed by atoms with Crippen molar-refractivity contribution in [3.63, 3.8) is 0 Å². The number of carbonyl (C=O) groups excluding carboxylic acids is 1. The molecule has 0 bridgehead atoms. The first-order valence-electron chi connectivity index (χ1n) is 4.37. The van der Waals surface area contributed by atoms with Crippen molar-refractivity contribution < 1.29 is 9.53 Å². The van der Waals surface area contributed by atoms with Crippen LogP contribution in [-0.2, 0) is 0 Å². The minimum atomic E-state index is 0.295. The standard InChI is InChI=1S/C10H12ClNO2/c1-7(2)6-14-9-4-12-10(11)3-8(9)5-13/h3-5,7H,6H2,1-2H3. The molecule has 14 heavy (non-hydrogen) atoms. The lowest BCUT2D eigenvalue weighted by molar-refractivity contribution is 0.111. The number of aromatic nitrogens is 1. The van der Waals surface area contributed by atoms with E-state index in [9.17, 15) is 4.79 Å². The van der Waals surface area contributed by atoms with E-state index in [4.69, 9.17) is 16.3 Å². The quantitative estimate of drug-likeness (QED) is 0.570. The number of hydrogen-bond acceptors (Lipinski definition) is 3. The van der Waals surface area contributed by atoms with Crippen molar-refractivity contribution in [2.75, 3.05) is 6.61 Å². The predicted molar refractivity (Wildman–Crippen MR) is 55.0 cm³/mol. The van der Waals surface area contributed by atoms with E-state index in [1.54, 1.807) is 0 Å². The minimum Gasteiger partial charge on any atom is -0.491 e. The molecular formula is C10H12ClNO2. The van der Waals surface area contributed by atoms with Crippen molar-refractivity contribution in [3.8, 4) is 5.75 Å². The van der Waals surface area contributed by atoms with Crippen molar-refractivity contribution in [3.05, 3.63) is 23.0 Å². The zero-order valence-electron chi connectivity index (χ0n) is 8.16. The monoisotopic (exact) mass is 213 g/mol. The van der Waals surface area contributed by atoms with Gasteiger partial charge in [0.25, 0.3) is 0 Å². The van der Waals surface area contributed by atoms with Gasteiger partial charge in [0.05, 0.1) is 18.4 Å². The Morgan fingerprint density at radius 2 is 2.36 bits per heavy atom. The smallest absolute Gasteiger partial charge is 0.153 e. The fourth-order valence-corrected chi connectivity index (χ4v) is 1.07. The van der Waals surface area contributed by atoms with Crippen LogP contribution < -0.4 is 4.74 Å². The first-order valence-corrected chi connectivity index (χ1v) is 4.74. The van der Waals surface area contributed by atoms with Crippen LogP contribution in [-0.4, -0.2) is 17.9 Å². The van der Waals surface area contributed by atoms with Gasteiger partial charge in [0, 0.05) is 0 Å². The Hall–Kier alpha value is -1.09. The summed E-state index contributed by atoms with van der Waals surface area (Å²) in [4.78, 5) is 14.5. The van der Waals surface area contributed by atoms with Crippen molar-refractivity contribution in [2.45, 2.75) is 13.8 Å². The summed E-state index contributed by atoms with van der Waals surface area (Å²) in [6, 6.07) is 1.49. The summed E-state index contributed by atoms with van der Waals surface area (Å²) in [6.07, 6.45) is 2.18. The van der Waals surface area contributed by atoms with E-state index in [-0.39, 0.29) is 0 Å². The Morgan fingerprint density at radius 1 is 1.64 bits per heavy atom. The number of aldehydes is 1. The van der Waals surface area contributed by atoms with Crippen molar-refractivity contribution in [2.24, 2.45) is 5.92 Å².